The Labute approximate surface area is 121 Å². The molecule has 0 atom stereocenters. The van der Waals surface area contributed by atoms with Crippen LogP contribution >= 0.6 is 10.5 Å². The van der Waals surface area contributed by atoms with Crippen LogP contribution in [0.3, 0.4) is 0 Å². The predicted octanol–water partition coefficient (Wildman–Crippen LogP) is 3.78. The Hall–Kier alpha value is -2.13. The SMILES string of the molecule is C=CCOC(=O)[C]=S(c1ccccc1)c1ccccc1. The molecule has 0 bridgehead atoms. The Morgan fingerprint density at radius 1 is 1.05 bits per heavy atom. The predicted molar refractivity (Wildman–Crippen MR) is 83.2 cm³/mol. The average Bonchev–Trinajstić information content (AvgIpc) is 2.52. The molecule has 2 rings (SSSR count). The van der Waals surface area contributed by atoms with Gasteiger partial charge in [-0.05, 0) is 24.3 Å². The summed E-state index contributed by atoms with van der Waals surface area (Å²) in [5, 5.41) is 2.90. The summed E-state index contributed by atoms with van der Waals surface area (Å²) < 4.78 is 5.00. The number of esters is 1. The minimum atomic E-state index is -0.544. The molecule has 2 aromatic rings. The lowest BCUT2D eigenvalue weighted by atomic mass is 10.4. The Bertz CT molecular complexity index is 562. The van der Waals surface area contributed by atoms with Gasteiger partial charge in [-0.2, -0.15) is 0 Å². The molecule has 0 N–H and O–H groups in total. The number of rotatable bonds is 5. The third-order valence-electron chi connectivity index (χ3n) is 2.48. The fourth-order valence-electron chi connectivity index (χ4n) is 1.61. The molecule has 0 saturated carbocycles. The van der Waals surface area contributed by atoms with Crippen molar-refractivity contribution in [2.24, 2.45) is 0 Å². The number of ether oxygens (including phenoxy) is 1. The monoisotopic (exact) mass is 283 g/mol. The van der Waals surface area contributed by atoms with E-state index in [9.17, 15) is 4.79 Å². The molecule has 0 saturated heterocycles. The van der Waals surface area contributed by atoms with E-state index in [2.05, 4.69) is 11.9 Å². The van der Waals surface area contributed by atoms with E-state index < -0.39 is 16.5 Å². The normalized spacial score (nSPS) is 10.1. The highest BCUT2D eigenvalue weighted by Crippen LogP contribution is 2.34. The van der Waals surface area contributed by atoms with Gasteiger partial charge in [0.15, 0.2) is 0 Å². The van der Waals surface area contributed by atoms with Crippen molar-refractivity contribution < 1.29 is 9.53 Å². The number of benzene rings is 2. The highest BCUT2D eigenvalue weighted by Gasteiger charge is 2.07. The number of hydrogen-bond acceptors (Lipinski definition) is 2. The summed E-state index contributed by atoms with van der Waals surface area (Å²) >= 11 is 0. The molecule has 0 aliphatic rings. The Kier molecular flexibility index (Phi) is 5.33. The second-order valence-corrected chi connectivity index (χ2v) is 5.68. The van der Waals surface area contributed by atoms with Crippen molar-refractivity contribution in [2.75, 3.05) is 6.61 Å². The van der Waals surface area contributed by atoms with E-state index >= 15 is 0 Å². The molecule has 0 aliphatic carbocycles. The largest absolute Gasteiger partial charge is 0.457 e. The van der Waals surface area contributed by atoms with E-state index in [1.165, 1.54) is 0 Å². The maximum Gasteiger partial charge on any atom is 0.346 e. The number of carbonyl (C=O) groups is 1. The van der Waals surface area contributed by atoms with Crippen LogP contribution in [0.4, 0.5) is 0 Å². The minimum absolute atomic E-state index is 0.201. The summed E-state index contributed by atoms with van der Waals surface area (Å²) in [4.78, 5) is 13.9. The summed E-state index contributed by atoms with van der Waals surface area (Å²) in [7, 11) is -0.544. The van der Waals surface area contributed by atoms with Gasteiger partial charge in [-0.15, -0.1) is 10.5 Å². The van der Waals surface area contributed by atoms with Crippen molar-refractivity contribution in [3.63, 3.8) is 0 Å². The maximum absolute atomic E-state index is 11.8. The van der Waals surface area contributed by atoms with E-state index in [0.29, 0.717) is 0 Å². The summed E-state index contributed by atoms with van der Waals surface area (Å²) in [6, 6.07) is 19.7. The van der Waals surface area contributed by atoms with Gasteiger partial charge in [0.1, 0.15) is 12.0 Å². The molecule has 0 aromatic heterocycles. The van der Waals surface area contributed by atoms with Gasteiger partial charge in [0.05, 0.1) is 0 Å². The molecular formula is C17H15O2S. The molecule has 20 heavy (non-hydrogen) atoms. The van der Waals surface area contributed by atoms with Gasteiger partial charge >= 0.3 is 5.97 Å². The van der Waals surface area contributed by atoms with Crippen molar-refractivity contribution in [3.8, 4) is 0 Å². The third-order valence-corrected chi connectivity index (χ3v) is 4.33. The molecule has 0 spiro atoms. The maximum atomic E-state index is 11.8. The van der Waals surface area contributed by atoms with E-state index in [1.54, 1.807) is 6.08 Å². The van der Waals surface area contributed by atoms with Crippen molar-refractivity contribution in [3.05, 3.63) is 73.3 Å². The van der Waals surface area contributed by atoms with Gasteiger partial charge in [-0.1, -0.05) is 49.1 Å². The zero-order chi connectivity index (χ0) is 14.2. The molecule has 3 heteroatoms. The third kappa shape index (κ3) is 3.93. The van der Waals surface area contributed by atoms with Crippen LogP contribution in [0.1, 0.15) is 0 Å². The molecule has 2 aromatic carbocycles. The van der Waals surface area contributed by atoms with E-state index in [-0.39, 0.29) is 6.61 Å². The number of carbonyl (C=O) groups excluding carboxylic acids is 1. The zero-order valence-corrected chi connectivity index (χ0v) is 11.8. The molecule has 0 aliphatic heterocycles. The summed E-state index contributed by atoms with van der Waals surface area (Å²) in [6.07, 6.45) is 1.54. The van der Waals surface area contributed by atoms with Crippen molar-refractivity contribution in [1.29, 1.82) is 0 Å². The first-order valence-electron chi connectivity index (χ1n) is 6.20. The highest BCUT2D eigenvalue weighted by molar-refractivity contribution is 8.16. The number of hydrogen-bond donors (Lipinski definition) is 0. The molecule has 0 amide bonds. The summed E-state index contributed by atoms with van der Waals surface area (Å²) in [5.41, 5.74) is 0. The Morgan fingerprint density at radius 3 is 2.00 bits per heavy atom. The van der Waals surface area contributed by atoms with Crippen LogP contribution in [0, 0.1) is 0 Å². The van der Waals surface area contributed by atoms with E-state index in [0.717, 1.165) is 9.79 Å². The highest BCUT2D eigenvalue weighted by atomic mass is 32.2. The quantitative estimate of drug-likeness (QED) is 0.474. The van der Waals surface area contributed by atoms with Crippen molar-refractivity contribution >= 4 is 21.8 Å². The fraction of sp³-hybridized carbons (Fsp3) is 0.0588. The Morgan fingerprint density at radius 2 is 1.55 bits per heavy atom. The van der Waals surface area contributed by atoms with Crippen LogP contribution in [0.5, 0.6) is 0 Å². The van der Waals surface area contributed by atoms with Gasteiger partial charge in [0, 0.05) is 9.79 Å². The first-order chi connectivity index (χ1) is 9.81. The van der Waals surface area contributed by atoms with Crippen LogP contribution in [0.15, 0.2) is 83.1 Å². The van der Waals surface area contributed by atoms with Crippen LogP contribution in [0.25, 0.3) is 0 Å². The van der Waals surface area contributed by atoms with Crippen molar-refractivity contribution in [1.82, 2.24) is 0 Å². The second-order valence-electron chi connectivity index (χ2n) is 3.92. The lowest BCUT2D eigenvalue weighted by Crippen LogP contribution is -2.05. The molecule has 101 valence electrons. The topological polar surface area (TPSA) is 26.3 Å². The van der Waals surface area contributed by atoms with Crippen LogP contribution in [-0.2, 0) is 9.53 Å². The molecule has 2 nitrogen and oxygen atoms in total. The average molecular weight is 283 g/mol. The van der Waals surface area contributed by atoms with E-state index in [1.807, 2.05) is 60.7 Å². The minimum Gasteiger partial charge on any atom is -0.457 e. The lowest BCUT2D eigenvalue weighted by Gasteiger charge is -2.09. The first-order valence-corrected chi connectivity index (χ1v) is 7.42. The smallest absolute Gasteiger partial charge is 0.346 e. The van der Waals surface area contributed by atoms with Gasteiger partial charge in [-0.25, -0.2) is 4.79 Å². The molecule has 0 fully saturated rings. The standard InChI is InChI=1S/C17H15O2S/c1-2-13-19-17(18)14-20(15-9-5-3-6-10-15)16-11-7-4-8-12-16/h2-12H,1,13H2. The van der Waals surface area contributed by atoms with E-state index in [4.69, 9.17) is 4.74 Å². The van der Waals surface area contributed by atoms with Crippen LogP contribution in [0.2, 0.25) is 0 Å². The van der Waals surface area contributed by atoms with Crippen LogP contribution < -0.4 is 0 Å². The van der Waals surface area contributed by atoms with Gasteiger partial charge in [0.25, 0.3) is 0 Å². The van der Waals surface area contributed by atoms with Gasteiger partial charge in [-0.3, -0.25) is 0 Å². The lowest BCUT2D eigenvalue weighted by molar-refractivity contribution is -0.133. The molecule has 0 heterocycles. The van der Waals surface area contributed by atoms with Crippen molar-refractivity contribution in [2.45, 2.75) is 9.79 Å². The summed E-state index contributed by atoms with van der Waals surface area (Å²) in [5.74, 6) is -0.444. The first kappa shape index (κ1) is 14.3. The fourth-order valence-corrected chi connectivity index (χ4v) is 3.21. The molecule has 0 unspecified atom stereocenters. The van der Waals surface area contributed by atoms with Gasteiger partial charge in [0.2, 0.25) is 0 Å². The second kappa shape index (κ2) is 7.46. The molecular weight excluding hydrogens is 268 g/mol. The molecule has 1 radical (unpaired) electrons. The Balaban J connectivity index is 2.37. The van der Waals surface area contributed by atoms with Crippen LogP contribution in [-0.4, -0.2) is 17.9 Å². The summed E-state index contributed by atoms with van der Waals surface area (Å²) in [6.45, 7) is 3.73. The zero-order valence-electron chi connectivity index (χ0n) is 11.0. The van der Waals surface area contributed by atoms with Gasteiger partial charge < -0.3 is 4.74 Å².